The van der Waals surface area contributed by atoms with Gasteiger partial charge in [-0.05, 0) is 47.5 Å². The number of rotatable bonds is 6. The van der Waals surface area contributed by atoms with Crippen molar-refractivity contribution in [2.75, 3.05) is 5.32 Å². The molecule has 0 saturated carbocycles. The van der Waals surface area contributed by atoms with Crippen LogP contribution in [0.2, 0.25) is 0 Å². The van der Waals surface area contributed by atoms with Crippen molar-refractivity contribution in [2.45, 2.75) is 12.7 Å². The number of carbonyl (C=O) groups excluding carboxylic acids is 1. The summed E-state index contributed by atoms with van der Waals surface area (Å²) in [4.78, 5) is 15.7. The van der Waals surface area contributed by atoms with Gasteiger partial charge >= 0.3 is 6.18 Å². The van der Waals surface area contributed by atoms with Crippen LogP contribution in [0.1, 0.15) is 11.1 Å². The van der Waals surface area contributed by atoms with Crippen molar-refractivity contribution in [3.8, 4) is 22.4 Å². The van der Waals surface area contributed by atoms with Gasteiger partial charge in [-0.3, -0.25) is 14.5 Å². The van der Waals surface area contributed by atoms with Crippen LogP contribution in [-0.4, -0.2) is 20.7 Å². The van der Waals surface area contributed by atoms with Crippen LogP contribution in [-0.2, 0) is 17.5 Å². The number of alkyl halides is 3. The molecule has 5 nitrogen and oxygen atoms in total. The largest absolute Gasteiger partial charge is 0.416 e. The van der Waals surface area contributed by atoms with Crippen molar-refractivity contribution in [1.82, 2.24) is 14.8 Å². The van der Waals surface area contributed by atoms with Crippen molar-refractivity contribution < 1.29 is 18.0 Å². The standard InChI is InChI=1S/C25H19F3N4O/c1-2-24(33)30-22-13-20(14-29-15-22)18-6-4-7-19(12-18)23-9-10-32(31-23)16-17-5-3-8-21(11-17)25(26,27)28/h2-15H,1,16H2,(H,30,33). The number of halogens is 3. The zero-order valence-corrected chi connectivity index (χ0v) is 17.4. The first-order valence-electron chi connectivity index (χ1n) is 10.0. The van der Waals surface area contributed by atoms with E-state index in [-0.39, 0.29) is 12.5 Å². The Kier molecular flexibility index (Phi) is 6.08. The van der Waals surface area contributed by atoms with Gasteiger partial charge < -0.3 is 5.32 Å². The van der Waals surface area contributed by atoms with E-state index in [1.54, 1.807) is 35.4 Å². The van der Waals surface area contributed by atoms with Crippen LogP contribution < -0.4 is 5.32 Å². The molecule has 1 amide bonds. The van der Waals surface area contributed by atoms with Crippen molar-refractivity contribution in [1.29, 1.82) is 0 Å². The zero-order valence-electron chi connectivity index (χ0n) is 17.4. The maximum atomic E-state index is 13.0. The zero-order chi connectivity index (χ0) is 23.4. The topological polar surface area (TPSA) is 59.8 Å². The number of nitrogens with zero attached hydrogens (tertiary/aromatic N) is 3. The normalized spacial score (nSPS) is 11.2. The number of hydrogen-bond acceptors (Lipinski definition) is 3. The molecule has 0 atom stereocenters. The van der Waals surface area contributed by atoms with Crippen LogP contribution >= 0.6 is 0 Å². The van der Waals surface area contributed by atoms with E-state index in [1.165, 1.54) is 12.1 Å². The third kappa shape index (κ3) is 5.35. The molecule has 0 aliphatic carbocycles. The molecule has 4 rings (SSSR count). The molecule has 0 aliphatic rings. The smallest absolute Gasteiger partial charge is 0.321 e. The minimum absolute atomic E-state index is 0.221. The highest BCUT2D eigenvalue weighted by atomic mass is 19.4. The second-order valence-corrected chi connectivity index (χ2v) is 7.33. The van der Waals surface area contributed by atoms with E-state index in [4.69, 9.17) is 0 Å². The van der Waals surface area contributed by atoms with E-state index < -0.39 is 11.7 Å². The summed E-state index contributed by atoms with van der Waals surface area (Å²) in [6.07, 6.45) is 1.77. The van der Waals surface area contributed by atoms with Crippen LogP contribution in [0.25, 0.3) is 22.4 Å². The van der Waals surface area contributed by atoms with Crippen LogP contribution in [0.3, 0.4) is 0 Å². The molecule has 8 heteroatoms. The number of pyridine rings is 1. The Balaban J connectivity index is 1.55. The Bertz CT molecular complexity index is 1310. The fourth-order valence-corrected chi connectivity index (χ4v) is 3.35. The Morgan fingerprint density at radius 1 is 1.00 bits per heavy atom. The average molecular weight is 448 g/mol. The third-order valence-corrected chi connectivity index (χ3v) is 4.92. The van der Waals surface area contributed by atoms with Gasteiger partial charge in [0.05, 0.1) is 29.7 Å². The quantitative estimate of drug-likeness (QED) is 0.379. The van der Waals surface area contributed by atoms with Crippen LogP contribution in [0.15, 0.2) is 91.9 Å². The number of benzene rings is 2. The van der Waals surface area contributed by atoms with Gasteiger partial charge in [0.1, 0.15) is 0 Å². The summed E-state index contributed by atoms with van der Waals surface area (Å²) in [6, 6.07) is 16.5. The Labute approximate surface area is 188 Å². The van der Waals surface area contributed by atoms with Crippen molar-refractivity contribution in [3.05, 3.63) is 103 Å². The molecule has 0 fully saturated rings. The lowest BCUT2D eigenvalue weighted by atomic mass is 10.0. The molecular weight excluding hydrogens is 429 g/mol. The maximum absolute atomic E-state index is 13.0. The number of carbonyl (C=O) groups is 1. The van der Waals surface area contributed by atoms with E-state index in [0.29, 0.717) is 16.9 Å². The van der Waals surface area contributed by atoms with Crippen LogP contribution in [0.5, 0.6) is 0 Å². The highest BCUT2D eigenvalue weighted by molar-refractivity contribution is 5.99. The highest BCUT2D eigenvalue weighted by Gasteiger charge is 2.30. The summed E-state index contributed by atoms with van der Waals surface area (Å²) < 4.78 is 40.5. The Morgan fingerprint density at radius 2 is 1.79 bits per heavy atom. The molecule has 33 heavy (non-hydrogen) atoms. The monoisotopic (exact) mass is 448 g/mol. The predicted octanol–water partition coefficient (Wildman–Crippen LogP) is 5.80. The lowest BCUT2D eigenvalue weighted by Crippen LogP contribution is -2.07. The first-order chi connectivity index (χ1) is 15.8. The summed E-state index contributed by atoms with van der Waals surface area (Å²) in [5.41, 5.74) is 3.60. The molecule has 0 unspecified atom stereocenters. The number of nitrogens with one attached hydrogen (secondary N) is 1. The fraction of sp³-hybridized carbons (Fsp3) is 0.0800. The van der Waals surface area contributed by atoms with Gasteiger partial charge in [0.2, 0.25) is 5.91 Å². The lowest BCUT2D eigenvalue weighted by molar-refractivity contribution is -0.137. The molecular formula is C25H19F3N4O. The molecule has 2 aromatic heterocycles. The number of anilines is 1. The molecule has 4 aromatic rings. The molecule has 166 valence electrons. The van der Waals surface area contributed by atoms with Crippen LogP contribution in [0, 0.1) is 0 Å². The van der Waals surface area contributed by atoms with Gasteiger partial charge in [0.15, 0.2) is 0 Å². The molecule has 0 aliphatic heterocycles. The Morgan fingerprint density at radius 3 is 2.58 bits per heavy atom. The van der Waals surface area contributed by atoms with E-state index in [0.717, 1.165) is 28.8 Å². The first kappa shape index (κ1) is 22.0. The van der Waals surface area contributed by atoms with E-state index >= 15 is 0 Å². The fourth-order valence-electron chi connectivity index (χ4n) is 3.35. The SMILES string of the molecule is C=CC(=O)Nc1cncc(-c2cccc(-c3ccn(Cc4cccc(C(F)(F)F)c4)n3)c2)c1. The molecule has 2 heterocycles. The average Bonchev–Trinajstić information content (AvgIpc) is 3.27. The first-order valence-corrected chi connectivity index (χ1v) is 10.0. The summed E-state index contributed by atoms with van der Waals surface area (Å²) in [6.45, 7) is 3.66. The van der Waals surface area contributed by atoms with Gasteiger partial charge in [-0.1, -0.05) is 36.9 Å². The van der Waals surface area contributed by atoms with E-state index in [1.807, 2.05) is 30.3 Å². The summed E-state index contributed by atoms with van der Waals surface area (Å²) in [5.74, 6) is -0.325. The van der Waals surface area contributed by atoms with E-state index in [2.05, 4.69) is 22.0 Å². The Hall–Kier alpha value is -4.20. The van der Waals surface area contributed by atoms with Crippen LogP contribution in [0.4, 0.5) is 18.9 Å². The minimum Gasteiger partial charge on any atom is -0.321 e. The van der Waals surface area contributed by atoms with Gasteiger partial charge in [0.25, 0.3) is 0 Å². The molecule has 0 spiro atoms. The summed E-state index contributed by atoms with van der Waals surface area (Å²) >= 11 is 0. The summed E-state index contributed by atoms with van der Waals surface area (Å²) in [7, 11) is 0. The molecule has 0 saturated heterocycles. The van der Waals surface area contributed by atoms with Crippen molar-refractivity contribution in [2.24, 2.45) is 0 Å². The lowest BCUT2D eigenvalue weighted by Gasteiger charge is -2.09. The number of hydrogen-bond donors (Lipinski definition) is 1. The highest BCUT2D eigenvalue weighted by Crippen LogP contribution is 2.30. The third-order valence-electron chi connectivity index (χ3n) is 4.92. The van der Waals surface area contributed by atoms with Gasteiger partial charge in [-0.15, -0.1) is 0 Å². The predicted molar refractivity (Wildman–Crippen MR) is 120 cm³/mol. The molecule has 0 bridgehead atoms. The van der Waals surface area contributed by atoms with Gasteiger partial charge in [-0.25, -0.2) is 0 Å². The number of amides is 1. The van der Waals surface area contributed by atoms with Gasteiger partial charge in [0, 0.05) is 23.5 Å². The minimum atomic E-state index is -4.38. The molecule has 1 N–H and O–H groups in total. The number of aromatic nitrogens is 3. The van der Waals surface area contributed by atoms with Crippen molar-refractivity contribution >= 4 is 11.6 Å². The maximum Gasteiger partial charge on any atom is 0.416 e. The van der Waals surface area contributed by atoms with Gasteiger partial charge in [-0.2, -0.15) is 18.3 Å². The molecule has 2 aromatic carbocycles. The van der Waals surface area contributed by atoms with E-state index in [9.17, 15) is 18.0 Å². The second-order valence-electron chi connectivity index (χ2n) is 7.33. The van der Waals surface area contributed by atoms with Crippen molar-refractivity contribution in [3.63, 3.8) is 0 Å². The second kappa shape index (κ2) is 9.12. The summed E-state index contributed by atoms with van der Waals surface area (Å²) in [5, 5.41) is 7.20. The molecule has 0 radical (unpaired) electrons.